The number of primary amides is 1. The molecular formula is C35H47N2O6+. The molecule has 0 spiro atoms. The number of carbonyl (C=O) groups excluding carboxylic acids is 1. The standard InChI is InChI=1S/C35H46N2O6/c1-24(2)37(33-29(34(36)38)13-9-14-32(33)42-18-10-17-39-5)21-26(4)35(23-37,41-7)43-22-27-11-8-12-28(20-27)30-19-25(3)15-16-31(30)40-6/h8-9,11-16,19-20,24,26H,10,17-18,21-23H2,1-7H3,(H-,36,38)/p+1/t26-,35+,37+/m0/s1. The summed E-state index contributed by atoms with van der Waals surface area (Å²) in [6, 6.07) is 20.1. The van der Waals surface area contributed by atoms with Crippen molar-refractivity contribution < 1.29 is 28.5 Å². The minimum atomic E-state index is -0.903. The fourth-order valence-electron chi connectivity index (χ4n) is 6.34. The predicted octanol–water partition coefficient (Wildman–Crippen LogP) is 6.11. The molecule has 232 valence electrons. The third-order valence-corrected chi connectivity index (χ3v) is 8.72. The van der Waals surface area contributed by atoms with Crippen LogP contribution in [-0.4, -0.2) is 65.4 Å². The van der Waals surface area contributed by atoms with Gasteiger partial charge in [-0.15, -0.1) is 0 Å². The Hall–Kier alpha value is -3.43. The Morgan fingerprint density at radius 1 is 1.02 bits per heavy atom. The summed E-state index contributed by atoms with van der Waals surface area (Å²) in [5.41, 5.74) is 11.5. The van der Waals surface area contributed by atoms with E-state index in [-0.39, 0.29) is 12.0 Å². The number of hydrogen-bond acceptors (Lipinski definition) is 6. The van der Waals surface area contributed by atoms with Gasteiger partial charge in [-0.3, -0.25) is 9.28 Å². The van der Waals surface area contributed by atoms with Crippen molar-refractivity contribution in [1.29, 1.82) is 0 Å². The van der Waals surface area contributed by atoms with E-state index in [2.05, 4.69) is 52.0 Å². The smallest absolute Gasteiger partial charge is 0.254 e. The number of amides is 1. The van der Waals surface area contributed by atoms with E-state index in [0.717, 1.165) is 40.1 Å². The highest BCUT2D eigenvalue weighted by molar-refractivity contribution is 5.99. The summed E-state index contributed by atoms with van der Waals surface area (Å²) in [4.78, 5) is 12.8. The maximum Gasteiger partial charge on any atom is 0.254 e. The number of aryl methyl sites for hydroxylation is 1. The molecule has 0 radical (unpaired) electrons. The molecule has 4 rings (SSSR count). The fraction of sp³-hybridized carbons (Fsp3) is 0.457. The van der Waals surface area contributed by atoms with Crippen LogP contribution >= 0.6 is 0 Å². The molecule has 0 aromatic heterocycles. The molecule has 3 aromatic rings. The van der Waals surface area contributed by atoms with E-state index in [1.807, 2.05) is 30.3 Å². The van der Waals surface area contributed by atoms with Crippen molar-refractivity contribution in [3.8, 4) is 22.6 Å². The van der Waals surface area contributed by atoms with Gasteiger partial charge in [0.2, 0.25) is 5.79 Å². The monoisotopic (exact) mass is 591 g/mol. The first-order valence-corrected chi connectivity index (χ1v) is 15.0. The van der Waals surface area contributed by atoms with Gasteiger partial charge in [-0.25, -0.2) is 0 Å². The number of likely N-dealkylation sites (tertiary alicyclic amines) is 1. The average Bonchev–Trinajstić information content (AvgIpc) is 3.31. The SMILES string of the molecule is COCCCOc1cccc(C(N)=O)c1[N@+]1(C(C)C)C[C@H](C)[C@](OC)(OCc2cccc(-c3cc(C)ccc3OC)c2)C1. The van der Waals surface area contributed by atoms with E-state index < -0.39 is 11.7 Å². The van der Waals surface area contributed by atoms with Crippen molar-refractivity contribution in [3.63, 3.8) is 0 Å². The van der Waals surface area contributed by atoms with Gasteiger partial charge < -0.3 is 29.4 Å². The predicted molar refractivity (Wildman–Crippen MR) is 170 cm³/mol. The average molecular weight is 592 g/mol. The Labute approximate surface area is 256 Å². The van der Waals surface area contributed by atoms with Crippen LogP contribution in [0.4, 0.5) is 5.69 Å². The molecule has 2 N–H and O–H groups in total. The Morgan fingerprint density at radius 3 is 2.47 bits per heavy atom. The van der Waals surface area contributed by atoms with Crippen LogP contribution in [0.15, 0.2) is 60.7 Å². The Balaban J connectivity index is 1.67. The summed E-state index contributed by atoms with van der Waals surface area (Å²) >= 11 is 0. The molecule has 43 heavy (non-hydrogen) atoms. The molecule has 8 heteroatoms. The number of para-hydroxylation sites is 1. The minimum absolute atomic E-state index is 0.00206. The summed E-state index contributed by atoms with van der Waals surface area (Å²) in [5.74, 6) is 0.0951. The lowest BCUT2D eigenvalue weighted by atomic mass is 10.0. The molecule has 1 saturated heterocycles. The van der Waals surface area contributed by atoms with Gasteiger partial charge in [0.25, 0.3) is 5.91 Å². The second-order valence-corrected chi connectivity index (χ2v) is 11.8. The summed E-state index contributed by atoms with van der Waals surface area (Å²) in [6.07, 6.45) is 0.730. The van der Waals surface area contributed by atoms with Crippen LogP contribution < -0.4 is 19.7 Å². The third-order valence-electron chi connectivity index (χ3n) is 8.72. The molecule has 3 atom stereocenters. The molecule has 1 amide bonds. The van der Waals surface area contributed by atoms with Crippen LogP contribution in [0.3, 0.4) is 0 Å². The van der Waals surface area contributed by atoms with E-state index in [0.29, 0.717) is 48.7 Å². The molecular weight excluding hydrogens is 544 g/mol. The van der Waals surface area contributed by atoms with Crippen LogP contribution in [0.5, 0.6) is 11.5 Å². The largest absolute Gasteiger partial charge is 0.496 e. The second kappa shape index (κ2) is 13.9. The number of methoxy groups -OCH3 is 3. The van der Waals surface area contributed by atoms with Crippen molar-refractivity contribution in [2.24, 2.45) is 11.7 Å². The van der Waals surface area contributed by atoms with Crippen molar-refractivity contribution in [3.05, 3.63) is 77.4 Å². The highest BCUT2D eigenvalue weighted by Gasteiger charge is 2.59. The quantitative estimate of drug-likeness (QED) is 0.138. The Morgan fingerprint density at radius 2 is 1.79 bits per heavy atom. The molecule has 3 aromatic carbocycles. The molecule has 1 fully saturated rings. The van der Waals surface area contributed by atoms with Crippen LogP contribution in [0.1, 0.15) is 48.7 Å². The lowest BCUT2D eigenvalue weighted by Gasteiger charge is -2.41. The number of nitrogens with zero attached hydrogens (tertiary/aromatic N) is 1. The van der Waals surface area contributed by atoms with E-state index in [9.17, 15) is 4.79 Å². The molecule has 1 heterocycles. The topological polar surface area (TPSA) is 89.2 Å². The van der Waals surface area contributed by atoms with Gasteiger partial charge in [-0.2, -0.15) is 0 Å². The van der Waals surface area contributed by atoms with Crippen molar-refractivity contribution in [2.45, 2.75) is 52.6 Å². The van der Waals surface area contributed by atoms with Gasteiger partial charge in [0, 0.05) is 32.8 Å². The number of hydrogen-bond donors (Lipinski definition) is 1. The number of nitrogens with two attached hydrogens (primary N) is 1. The number of rotatable bonds is 14. The maximum atomic E-state index is 12.8. The lowest BCUT2D eigenvalue weighted by molar-refractivity contribution is -0.239. The molecule has 8 nitrogen and oxygen atoms in total. The van der Waals surface area contributed by atoms with Gasteiger partial charge in [0.05, 0.1) is 38.8 Å². The molecule has 1 aliphatic heterocycles. The summed E-state index contributed by atoms with van der Waals surface area (Å²) in [6.45, 7) is 11.1. The normalized spacial score (nSPS) is 21.7. The molecule has 1 aliphatic rings. The van der Waals surface area contributed by atoms with E-state index >= 15 is 0 Å². The van der Waals surface area contributed by atoms with Gasteiger partial charge >= 0.3 is 0 Å². The van der Waals surface area contributed by atoms with Gasteiger partial charge in [-0.05, 0) is 62.2 Å². The zero-order valence-corrected chi connectivity index (χ0v) is 26.6. The van der Waals surface area contributed by atoms with Crippen molar-refractivity contribution >= 4 is 11.6 Å². The number of benzene rings is 3. The Bertz CT molecular complexity index is 1410. The number of ether oxygens (including phenoxy) is 5. The van der Waals surface area contributed by atoms with Crippen molar-refractivity contribution in [1.82, 2.24) is 4.48 Å². The zero-order valence-electron chi connectivity index (χ0n) is 26.6. The first-order valence-electron chi connectivity index (χ1n) is 15.0. The van der Waals surface area contributed by atoms with Crippen LogP contribution in [0, 0.1) is 12.8 Å². The molecule has 0 unspecified atom stereocenters. The summed E-state index contributed by atoms with van der Waals surface area (Å²) in [7, 11) is 5.06. The van der Waals surface area contributed by atoms with Crippen molar-refractivity contribution in [2.75, 3.05) is 47.6 Å². The van der Waals surface area contributed by atoms with Crippen LogP contribution in [0.2, 0.25) is 0 Å². The molecule has 0 aliphatic carbocycles. The van der Waals surface area contributed by atoms with Crippen LogP contribution in [0.25, 0.3) is 11.1 Å². The summed E-state index contributed by atoms with van der Waals surface area (Å²) < 4.78 is 30.5. The fourth-order valence-corrected chi connectivity index (χ4v) is 6.34. The molecule has 0 saturated carbocycles. The maximum absolute atomic E-state index is 12.8. The van der Waals surface area contributed by atoms with E-state index in [4.69, 9.17) is 29.4 Å². The van der Waals surface area contributed by atoms with Gasteiger partial charge in [0.1, 0.15) is 17.9 Å². The zero-order chi connectivity index (χ0) is 31.2. The summed E-state index contributed by atoms with van der Waals surface area (Å²) in [5, 5.41) is 0. The lowest BCUT2D eigenvalue weighted by Crippen LogP contribution is -2.56. The van der Waals surface area contributed by atoms with Gasteiger partial charge in [0.15, 0.2) is 11.4 Å². The first kappa shape index (κ1) is 32.5. The highest BCUT2D eigenvalue weighted by Crippen LogP contribution is 2.48. The molecule has 0 bridgehead atoms. The first-order chi connectivity index (χ1) is 20.6. The van der Waals surface area contributed by atoms with E-state index in [1.54, 1.807) is 27.4 Å². The Kier molecular flexibility index (Phi) is 10.5. The van der Waals surface area contributed by atoms with Gasteiger partial charge in [-0.1, -0.05) is 42.8 Å². The number of carbonyl (C=O) groups is 1. The van der Waals surface area contributed by atoms with E-state index in [1.165, 1.54) is 0 Å². The second-order valence-electron chi connectivity index (χ2n) is 11.8. The van der Waals surface area contributed by atoms with Crippen LogP contribution in [-0.2, 0) is 20.8 Å². The number of quaternary nitrogens is 1. The minimum Gasteiger partial charge on any atom is -0.496 e. The third kappa shape index (κ3) is 6.73. The highest BCUT2D eigenvalue weighted by atomic mass is 16.7.